The molecule has 0 aliphatic carbocycles. The summed E-state index contributed by atoms with van der Waals surface area (Å²) >= 11 is 0. The summed E-state index contributed by atoms with van der Waals surface area (Å²) in [5.74, 6) is -1.70. The fourth-order valence-electron chi connectivity index (χ4n) is 3.03. The largest absolute Gasteiger partial charge is 0.497 e. The maximum atomic E-state index is 13.5. The van der Waals surface area contributed by atoms with Crippen LogP contribution < -0.4 is 14.4 Å². The van der Waals surface area contributed by atoms with Crippen LogP contribution in [0.4, 0.5) is 14.5 Å². The van der Waals surface area contributed by atoms with E-state index >= 15 is 0 Å². The van der Waals surface area contributed by atoms with E-state index in [4.69, 9.17) is 4.74 Å². The molecule has 30 heavy (non-hydrogen) atoms. The van der Waals surface area contributed by atoms with E-state index in [0.717, 1.165) is 34.0 Å². The predicted octanol–water partition coefficient (Wildman–Crippen LogP) is 3.79. The molecular formula is C21H26F2N2O4S. The molecule has 0 heterocycles. The SMILES string of the molecule is CC[C@@H](NC(=O)CCCN(c1ccc(F)c(F)c1)S(C)(=O)=O)c1ccc(OC)cc1. The van der Waals surface area contributed by atoms with Gasteiger partial charge in [0, 0.05) is 19.0 Å². The van der Waals surface area contributed by atoms with Crippen LogP contribution in [-0.2, 0) is 14.8 Å². The fourth-order valence-corrected chi connectivity index (χ4v) is 3.99. The predicted molar refractivity (Wildman–Crippen MR) is 112 cm³/mol. The summed E-state index contributed by atoms with van der Waals surface area (Å²) in [5.41, 5.74) is 0.952. The highest BCUT2D eigenvalue weighted by molar-refractivity contribution is 7.92. The zero-order valence-corrected chi connectivity index (χ0v) is 18.0. The Morgan fingerprint density at radius 3 is 2.33 bits per heavy atom. The summed E-state index contributed by atoms with van der Waals surface area (Å²) in [6, 6.07) is 10.1. The van der Waals surface area contributed by atoms with E-state index in [-0.39, 0.29) is 37.0 Å². The van der Waals surface area contributed by atoms with Crippen LogP contribution in [0.25, 0.3) is 0 Å². The third-order valence-corrected chi connectivity index (χ3v) is 5.81. The number of sulfonamides is 1. The number of carbonyl (C=O) groups excluding carboxylic acids is 1. The molecule has 164 valence electrons. The van der Waals surface area contributed by atoms with Gasteiger partial charge < -0.3 is 10.1 Å². The van der Waals surface area contributed by atoms with Crippen LogP contribution in [0.3, 0.4) is 0 Å². The van der Waals surface area contributed by atoms with Crippen LogP contribution in [0.2, 0.25) is 0 Å². The lowest BCUT2D eigenvalue weighted by Gasteiger charge is -2.23. The molecule has 2 rings (SSSR count). The highest BCUT2D eigenvalue weighted by Crippen LogP contribution is 2.22. The Bertz CT molecular complexity index is 965. The number of amides is 1. The Morgan fingerprint density at radius 1 is 1.13 bits per heavy atom. The summed E-state index contributed by atoms with van der Waals surface area (Å²) in [4.78, 5) is 12.4. The summed E-state index contributed by atoms with van der Waals surface area (Å²) in [6.45, 7) is 1.92. The van der Waals surface area contributed by atoms with Gasteiger partial charge in [0.25, 0.3) is 0 Å². The number of carbonyl (C=O) groups is 1. The Kier molecular flexibility index (Phi) is 8.16. The summed E-state index contributed by atoms with van der Waals surface area (Å²) < 4.78 is 56.9. The molecule has 0 radical (unpaired) electrons. The molecule has 2 aromatic rings. The van der Waals surface area contributed by atoms with Crippen molar-refractivity contribution in [3.05, 3.63) is 59.7 Å². The molecule has 1 atom stereocenters. The average Bonchev–Trinajstić information content (AvgIpc) is 2.71. The van der Waals surface area contributed by atoms with Crippen molar-refractivity contribution >= 4 is 21.6 Å². The lowest BCUT2D eigenvalue weighted by Crippen LogP contribution is -2.33. The van der Waals surface area contributed by atoms with Crippen molar-refractivity contribution in [2.45, 2.75) is 32.2 Å². The number of halogens is 2. The van der Waals surface area contributed by atoms with E-state index in [1.165, 1.54) is 6.07 Å². The summed E-state index contributed by atoms with van der Waals surface area (Å²) in [7, 11) is -2.14. The first-order valence-corrected chi connectivity index (χ1v) is 11.4. The first-order chi connectivity index (χ1) is 14.2. The van der Waals surface area contributed by atoms with Crippen molar-refractivity contribution in [3.63, 3.8) is 0 Å². The molecular weight excluding hydrogens is 414 g/mol. The van der Waals surface area contributed by atoms with E-state index in [1.54, 1.807) is 7.11 Å². The molecule has 6 nitrogen and oxygen atoms in total. The highest BCUT2D eigenvalue weighted by Gasteiger charge is 2.20. The second-order valence-corrected chi connectivity index (χ2v) is 8.75. The van der Waals surface area contributed by atoms with Gasteiger partial charge in [-0.25, -0.2) is 17.2 Å². The molecule has 1 N–H and O–H groups in total. The molecule has 0 spiro atoms. The monoisotopic (exact) mass is 440 g/mol. The maximum Gasteiger partial charge on any atom is 0.232 e. The number of hydrogen-bond acceptors (Lipinski definition) is 4. The smallest absolute Gasteiger partial charge is 0.232 e. The quantitative estimate of drug-likeness (QED) is 0.610. The molecule has 1 amide bonds. The Morgan fingerprint density at radius 2 is 1.80 bits per heavy atom. The topological polar surface area (TPSA) is 75.7 Å². The zero-order chi connectivity index (χ0) is 22.3. The summed E-state index contributed by atoms with van der Waals surface area (Å²) in [5, 5.41) is 2.93. The van der Waals surface area contributed by atoms with Gasteiger partial charge >= 0.3 is 0 Å². The van der Waals surface area contributed by atoms with Gasteiger partial charge in [-0.1, -0.05) is 19.1 Å². The average molecular weight is 441 g/mol. The minimum Gasteiger partial charge on any atom is -0.497 e. The number of hydrogen-bond donors (Lipinski definition) is 1. The number of ether oxygens (including phenoxy) is 1. The van der Waals surface area contributed by atoms with Crippen LogP contribution >= 0.6 is 0 Å². The molecule has 0 saturated carbocycles. The van der Waals surface area contributed by atoms with Gasteiger partial charge in [0.15, 0.2) is 11.6 Å². The second-order valence-electron chi connectivity index (χ2n) is 6.84. The van der Waals surface area contributed by atoms with Gasteiger partial charge in [-0.2, -0.15) is 0 Å². The van der Waals surface area contributed by atoms with Crippen LogP contribution in [0.1, 0.15) is 37.8 Å². The van der Waals surface area contributed by atoms with Crippen molar-refractivity contribution in [3.8, 4) is 5.75 Å². The lowest BCUT2D eigenvalue weighted by atomic mass is 10.0. The normalized spacial score (nSPS) is 12.3. The first kappa shape index (κ1) is 23.6. The molecule has 0 saturated heterocycles. The van der Waals surface area contributed by atoms with Gasteiger partial charge in [0.2, 0.25) is 15.9 Å². The van der Waals surface area contributed by atoms with Gasteiger partial charge in [-0.3, -0.25) is 9.10 Å². The Hall–Kier alpha value is -2.68. The number of nitrogens with zero attached hydrogens (tertiary/aromatic N) is 1. The van der Waals surface area contributed by atoms with Gasteiger partial charge in [-0.05, 0) is 42.7 Å². The molecule has 2 aromatic carbocycles. The van der Waals surface area contributed by atoms with Crippen molar-refractivity contribution < 1.29 is 26.7 Å². The van der Waals surface area contributed by atoms with Gasteiger partial charge in [-0.15, -0.1) is 0 Å². The Labute approximate surface area is 175 Å². The summed E-state index contributed by atoms with van der Waals surface area (Å²) in [6.07, 6.45) is 1.97. The minimum absolute atomic E-state index is 0.0153. The van der Waals surface area contributed by atoms with E-state index < -0.39 is 21.7 Å². The van der Waals surface area contributed by atoms with Gasteiger partial charge in [0.1, 0.15) is 5.75 Å². The number of benzene rings is 2. The van der Waals surface area contributed by atoms with Crippen LogP contribution in [0.5, 0.6) is 5.75 Å². The molecule has 0 aliphatic heterocycles. The van der Waals surface area contributed by atoms with Crippen molar-refractivity contribution in [1.29, 1.82) is 0 Å². The number of methoxy groups -OCH3 is 1. The molecule has 9 heteroatoms. The van der Waals surface area contributed by atoms with Gasteiger partial charge in [0.05, 0.1) is 25.1 Å². The molecule has 0 aliphatic rings. The van der Waals surface area contributed by atoms with E-state index in [0.29, 0.717) is 6.42 Å². The third-order valence-electron chi connectivity index (χ3n) is 4.62. The van der Waals surface area contributed by atoms with Crippen LogP contribution in [0, 0.1) is 11.6 Å². The fraction of sp³-hybridized carbons (Fsp3) is 0.381. The third kappa shape index (κ3) is 6.41. The number of anilines is 1. The van der Waals surface area contributed by atoms with Crippen molar-refractivity contribution in [2.24, 2.45) is 0 Å². The Balaban J connectivity index is 1.98. The van der Waals surface area contributed by atoms with Crippen LogP contribution in [-0.4, -0.2) is 34.2 Å². The maximum absolute atomic E-state index is 13.5. The van der Waals surface area contributed by atoms with E-state index in [9.17, 15) is 22.0 Å². The van der Waals surface area contributed by atoms with Crippen LogP contribution in [0.15, 0.2) is 42.5 Å². The first-order valence-electron chi connectivity index (χ1n) is 9.51. The molecule has 0 fully saturated rings. The van der Waals surface area contributed by atoms with Crippen molar-refractivity contribution in [1.82, 2.24) is 5.32 Å². The minimum atomic E-state index is -3.72. The van der Waals surface area contributed by atoms with Crippen molar-refractivity contribution in [2.75, 3.05) is 24.2 Å². The number of rotatable bonds is 10. The number of nitrogens with one attached hydrogen (secondary N) is 1. The second kappa shape index (κ2) is 10.4. The van der Waals surface area contributed by atoms with E-state index in [1.807, 2.05) is 31.2 Å². The van der Waals surface area contributed by atoms with E-state index in [2.05, 4.69) is 5.32 Å². The highest BCUT2D eigenvalue weighted by atomic mass is 32.2. The lowest BCUT2D eigenvalue weighted by molar-refractivity contribution is -0.121. The zero-order valence-electron chi connectivity index (χ0n) is 17.2. The molecule has 0 unspecified atom stereocenters. The molecule has 0 bridgehead atoms. The standard InChI is InChI=1S/C21H26F2N2O4S/c1-4-20(15-7-10-17(29-2)11-8-15)24-21(26)6-5-13-25(30(3,27)28)16-9-12-18(22)19(23)14-16/h7-12,14,20H,4-6,13H2,1-3H3,(H,24,26)/t20-/m1/s1. The molecule has 0 aromatic heterocycles.